The third-order valence-corrected chi connectivity index (χ3v) is 3.93. The zero-order valence-corrected chi connectivity index (χ0v) is 14.2. The minimum atomic E-state index is -0.764. The van der Waals surface area contributed by atoms with Crippen molar-refractivity contribution >= 4 is 5.97 Å². The van der Waals surface area contributed by atoms with Gasteiger partial charge in [-0.05, 0) is 34.6 Å². The first-order chi connectivity index (χ1) is 10.7. The van der Waals surface area contributed by atoms with E-state index in [2.05, 4.69) is 0 Å². The number of rotatable bonds is 3. The van der Waals surface area contributed by atoms with Gasteiger partial charge in [0.25, 0.3) is 0 Å². The maximum atomic E-state index is 11.9. The molecule has 0 radical (unpaired) electrons. The first-order valence-electron chi connectivity index (χ1n) is 7.92. The summed E-state index contributed by atoms with van der Waals surface area (Å²) in [5, 5.41) is 0. The largest absolute Gasteiger partial charge is 0.463 e. The van der Waals surface area contributed by atoms with E-state index in [1.165, 1.54) is 6.08 Å². The molecule has 3 rings (SSSR count). The molecule has 0 aromatic rings. The second kappa shape index (κ2) is 5.82. The Balaban J connectivity index is 1.83. The third kappa shape index (κ3) is 3.44. The van der Waals surface area contributed by atoms with Crippen LogP contribution >= 0.6 is 0 Å². The van der Waals surface area contributed by atoms with Gasteiger partial charge < -0.3 is 28.4 Å². The Morgan fingerprint density at radius 3 is 2.52 bits per heavy atom. The number of fused-ring (bicyclic) bond motifs is 1. The van der Waals surface area contributed by atoms with Gasteiger partial charge in [0.1, 0.15) is 18.3 Å². The van der Waals surface area contributed by atoms with Crippen LogP contribution in [0.5, 0.6) is 0 Å². The van der Waals surface area contributed by atoms with Crippen molar-refractivity contribution in [3.05, 3.63) is 11.6 Å². The number of ether oxygens (including phenoxy) is 6. The number of esters is 1. The van der Waals surface area contributed by atoms with Gasteiger partial charge in [0, 0.05) is 11.6 Å². The van der Waals surface area contributed by atoms with Gasteiger partial charge in [0.15, 0.2) is 17.9 Å². The summed E-state index contributed by atoms with van der Waals surface area (Å²) in [6.45, 7) is 9.74. The zero-order chi connectivity index (χ0) is 16.8. The Bertz CT molecular complexity index is 511. The molecule has 0 N–H and O–H groups in total. The Kier molecular flexibility index (Phi) is 4.27. The van der Waals surface area contributed by atoms with Crippen molar-refractivity contribution in [2.45, 2.75) is 70.8 Å². The molecular weight excluding hydrogens is 304 g/mol. The highest BCUT2D eigenvalue weighted by Gasteiger charge is 2.55. The molecule has 0 aromatic carbocycles. The fraction of sp³-hybridized carbons (Fsp3) is 0.812. The molecule has 3 fully saturated rings. The lowest BCUT2D eigenvalue weighted by Gasteiger charge is -2.25. The molecule has 7 heteroatoms. The number of carbonyl (C=O) groups is 1. The summed E-state index contributed by atoms with van der Waals surface area (Å²) < 4.78 is 34.1. The van der Waals surface area contributed by atoms with Crippen molar-refractivity contribution in [3.8, 4) is 0 Å². The smallest absolute Gasteiger partial charge is 0.330 e. The Labute approximate surface area is 135 Å². The molecule has 3 aliphatic rings. The van der Waals surface area contributed by atoms with Crippen LogP contribution in [0.4, 0.5) is 0 Å². The summed E-state index contributed by atoms with van der Waals surface area (Å²) in [5.74, 6) is -1.87. The molecule has 7 nitrogen and oxygen atoms in total. The second-order valence-corrected chi connectivity index (χ2v) is 6.74. The number of hydrogen-bond donors (Lipinski definition) is 0. The molecular formula is C16H24O7. The molecule has 3 saturated heterocycles. The lowest BCUT2D eigenvalue weighted by atomic mass is 10.0. The van der Waals surface area contributed by atoms with E-state index in [0.29, 0.717) is 18.8 Å². The topological polar surface area (TPSA) is 72.5 Å². The molecule has 23 heavy (non-hydrogen) atoms. The van der Waals surface area contributed by atoms with E-state index in [-0.39, 0.29) is 6.10 Å². The molecule has 0 aromatic heterocycles. The van der Waals surface area contributed by atoms with E-state index in [1.54, 1.807) is 6.92 Å². The summed E-state index contributed by atoms with van der Waals surface area (Å²) in [5.41, 5.74) is 0.672. The highest BCUT2D eigenvalue weighted by atomic mass is 16.8. The fourth-order valence-electron chi connectivity index (χ4n) is 3.09. The van der Waals surface area contributed by atoms with Crippen LogP contribution in [-0.2, 0) is 33.2 Å². The van der Waals surface area contributed by atoms with Gasteiger partial charge in [-0.3, -0.25) is 0 Å². The summed E-state index contributed by atoms with van der Waals surface area (Å²) in [4.78, 5) is 11.9. The van der Waals surface area contributed by atoms with Gasteiger partial charge in [-0.2, -0.15) is 0 Å². The van der Waals surface area contributed by atoms with Crippen molar-refractivity contribution in [2.75, 3.05) is 13.2 Å². The SMILES string of the molecule is CCOC(=O)C=C1[C@H]2OC(C)(C)O[C@H]2O[C@@H]1[C@H]1COC(C)(C)O1. The van der Waals surface area contributed by atoms with Gasteiger partial charge in [-0.1, -0.05) is 0 Å². The fourth-order valence-corrected chi connectivity index (χ4v) is 3.09. The van der Waals surface area contributed by atoms with Crippen LogP contribution in [0.2, 0.25) is 0 Å². The maximum Gasteiger partial charge on any atom is 0.330 e. The minimum Gasteiger partial charge on any atom is -0.463 e. The van der Waals surface area contributed by atoms with Crippen LogP contribution in [0.25, 0.3) is 0 Å². The summed E-state index contributed by atoms with van der Waals surface area (Å²) in [7, 11) is 0. The monoisotopic (exact) mass is 328 g/mol. The lowest BCUT2D eigenvalue weighted by Crippen LogP contribution is -2.35. The van der Waals surface area contributed by atoms with Crippen molar-refractivity contribution < 1.29 is 33.2 Å². The predicted molar refractivity (Wildman–Crippen MR) is 78.3 cm³/mol. The van der Waals surface area contributed by atoms with Crippen molar-refractivity contribution in [1.29, 1.82) is 0 Å². The molecule has 0 amide bonds. The maximum absolute atomic E-state index is 11.9. The lowest BCUT2D eigenvalue weighted by molar-refractivity contribution is -0.215. The van der Waals surface area contributed by atoms with Crippen LogP contribution in [0, 0.1) is 0 Å². The molecule has 130 valence electrons. The van der Waals surface area contributed by atoms with E-state index in [9.17, 15) is 4.79 Å². The van der Waals surface area contributed by atoms with Crippen LogP contribution in [0.3, 0.4) is 0 Å². The van der Waals surface area contributed by atoms with E-state index >= 15 is 0 Å². The Morgan fingerprint density at radius 1 is 1.17 bits per heavy atom. The van der Waals surface area contributed by atoms with Crippen LogP contribution in [0.15, 0.2) is 11.6 Å². The minimum absolute atomic E-state index is 0.307. The first kappa shape index (κ1) is 16.9. The second-order valence-electron chi connectivity index (χ2n) is 6.74. The van der Waals surface area contributed by atoms with Gasteiger partial charge >= 0.3 is 5.97 Å². The van der Waals surface area contributed by atoms with Gasteiger partial charge in [-0.25, -0.2) is 4.79 Å². The van der Waals surface area contributed by atoms with Crippen LogP contribution in [-0.4, -0.2) is 55.4 Å². The molecule has 3 heterocycles. The van der Waals surface area contributed by atoms with E-state index in [4.69, 9.17) is 28.4 Å². The van der Waals surface area contributed by atoms with Crippen molar-refractivity contribution in [2.24, 2.45) is 0 Å². The van der Waals surface area contributed by atoms with E-state index in [1.807, 2.05) is 27.7 Å². The average Bonchev–Trinajstić information content (AvgIpc) is 3.01. The standard InChI is InChI=1S/C16H24O7/c1-6-18-11(17)7-9-12(10-8-19-15(2,3)21-10)20-14-13(9)22-16(4,5)23-14/h7,10,12-14H,6,8H2,1-5H3/t10-,12+,13-,14-/m1/s1. The van der Waals surface area contributed by atoms with Crippen molar-refractivity contribution in [1.82, 2.24) is 0 Å². The predicted octanol–water partition coefficient (Wildman–Crippen LogP) is 1.50. The first-order valence-corrected chi connectivity index (χ1v) is 7.92. The van der Waals surface area contributed by atoms with Gasteiger partial charge in [0.05, 0.1) is 13.2 Å². The summed E-state index contributed by atoms with van der Waals surface area (Å²) >= 11 is 0. The van der Waals surface area contributed by atoms with Crippen molar-refractivity contribution in [3.63, 3.8) is 0 Å². The highest BCUT2D eigenvalue weighted by Crippen LogP contribution is 2.43. The molecule has 0 spiro atoms. The highest BCUT2D eigenvalue weighted by molar-refractivity contribution is 5.83. The molecule has 0 aliphatic carbocycles. The van der Waals surface area contributed by atoms with Gasteiger partial charge in [0.2, 0.25) is 0 Å². The Hall–Kier alpha value is -0.990. The Morgan fingerprint density at radius 2 is 1.91 bits per heavy atom. The number of carbonyl (C=O) groups excluding carboxylic acids is 1. The summed E-state index contributed by atoms with van der Waals surface area (Å²) in [6.07, 6.45) is -0.383. The molecule has 0 bridgehead atoms. The van der Waals surface area contributed by atoms with E-state index < -0.39 is 36.0 Å². The van der Waals surface area contributed by atoms with Crippen LogP contribution < -0.4 is 0 Å². The molecule has 0 saturated carbocycles. The third-order valence-electron chi connectivity index (χ3n) is 3.93. The zero-order valence-electron chi connectivity index (χ0n) is 14.2. The van der Waals surface area contributed by atoms with E-state index in [0.717, 1.165) is 0 Å². The average molecular weight is 328 g/mol. The van der Waals surface area contributed by atoms with Gasteiger partial charge in [-0.15, -0.1) is 0 Å². The van der Waals surface area contributed by atoms with Crippen LogP contribution in [0.1, 0.15) is 34.6 Å². The normalized spacial score (nSPS) is 39.6. The molecule has 3 aliphatic heterocycles. The quantitative estimate of drug-likeness (QED) is 0.574. The number of hydrogen-bond acceptors (Lipinski definition) is 7. The molecule has 4 atom stereocenters. The molecule has 0 unspecified atom stereocenters. The summed E-state index contributed by atoms with van der Waals surface area (Å²) in [6, 6.07) is 0.